The van der Waals surface area contributed by atoms with Crippen LogP contribution in [0.5, 0.6) is 0 Å². The standard InChI is InChI=1S/C28H21NO2.ClH/c30-28(31)26-16-29-27(24-8-4-3-7-21(24)26)19-10-9-18-12-13-22-20-6-2-1-5-17(20)11-14-23(22)25(18)15-19;/h1-8,11-14,16,19H,9-10,15H2,(H,30,31);1H. The van der Waals surface area contributed by atoms with Crippen LogP contribution in [0.2, 0.25) is 0 Å². The minimum atomic E-state index is -0.929. The Kier molecular flexibility index (Phi) is 5.07. The van der Waals surface area contributed by atoms with Crippen LogP contribution in [0.1, 0.15) is 39.5 Å². The first-order valence-electron chi connectivity index (χ1n) is 10.7. The molecule has 1 heterocycles. The Labute approximate surface area is 192 Å². The molecule has 1 aliphatic rings. The van der Waals surface area contributed by atoms with Crippen LogP contribution in [0.15, 0.2) is 79.0 Å². The molecule has 0 radical (unpaired) electrons. The number of hydrogen-bond donors (Lipinski definition) is 1. The number of nitrogens with zero attached hydrogens (tertiary/aromatic N) is 1. The predicted molar refractivity (Wildman–Crippen MR) is 132 cm³/mol. The highest BCUT2D eigenvalue weighted by Crippen LogP contribution is 2.39. The van der Waals surface area contributed by atoms with E-state index in [1.165, 1.54) is 38.9 Å². The molecule has 0 spiro atoms. The smallest absolute Gasteiger partial charge is 0.337 e. The van der Waals surface area contributed by atoms with E-state index in [1.54, 1.807) is 0 Å². The highest BCUT2D eigenvalue weighted by molar-refractivity contribution is 6.09. The fourth-order valence-electron chi connectivity index (χ4n) is 5.29. The molecule has 1 aliphatic carbocycles. The molecule has 1 N–H and O–H groups in total. The van der Waals surface area contributed by atoms with E-state index in [4.69, 9.17) is 0 Å². The van der Waals surface area contributed by atoms with Crippen molar-refractivity contribution in [3.63, 3.8) is 0 Å². The number of carbonyl (C=O) groups is 1. The van der Waals surface area contributed by atoms with Crippen molar-refractivity contribution in [2.45, 2.75) is 25.2 Å². The molecule has 158 valence electrons. The maximum atomic E-state index is 11.7. The molecule has 0 saturated heterocycles. The second-order valence-corrected chi connectivity index (χ2v) is 8.43. The van der Waals surface area contributed by atoms with Crippen molar-refractivity contribution in [3.8, 4) is 0 Å². The molecule has 3 nitrogen and oxygen atoms in total. The molecular formula is C28H22ClNO2. The lowest BCUT2D eigenvalue weighted by molar-refractivity contribution is 0.0698. The van der Waals surface area contributed by atoms with Crippen molar-refractivity contribution in [3.05, 3.63) is 101 Å². The van der Waals surface area contributed by atoms with Gasteiger partial charge < -0.3 is 5.11 Å². The van der Waals surface area contributed by atoms with Gasteiger partial charge in [-0.1, -0.05) is 72.8 Å². The molecule has 4 aromatic carbocycles. The highest BCUT2D eigenvalue weighted by atomic mass is 35.5. The third-order valence-corrected chi connectivity index (χ3v) is 6.79. The fourth-order valence-corrected chi connectivity index (χ4v) is 5.29. The van der Waals surface area contributed by atoms with Crippen molar-refractivity contribution < 1.29 is 9.90 Å². The van der Waals surface area contributed by atoms with Gasteiger partial charge in [-0.15, -0.1) is 12.4 Å². The van der Waals surface area contributed by atoms with Crippen molar-refractivity contribution in [1.82, 2.24) is 4.98 Å². The lowest BCUT2D eigenvalue weighted by Crippen LogP contribution is -2.15. The second-order valence-electron chi connectivity index (χ2n) is 8.43. The zero-order valence-electron chi connectivity index (χ0n) is 17.4. The Morgan fingerprint density at radius 1 is 0.812 bits per heavy atom. The molecular weight excluding hydrogens is 418 g/mol. The molecule has 0 amide bonds. The van der Waals surface area contributed by atoms with Gasteiger partial charge in [-0.2, -0.15) is 0 Å². The molecule has 4 heteroatoms. The summed E-state index contributed by atoms with van der Waals surface area (Å²) in [6.45, 7) is 0. The fraction of sp³-hybridized carbons (Fsp3) is 0.143. The molecule has 0 bridgehead atoms. The summed E-state index contributed by atoms with van der Waals surface area (Å²) in [4.78, 5) is 16.4. The molecule has 1 aromatic heterocycles. The third-order valence-electron chi connectivity index (χ3n) is 6.79. The first-order chi connectivity index (χ1) is 15.2. The molecule has 32 heavy (non-hydrogen) atoms. The number of carboxylic acids is 1. The zero-order chi connectivity index (χ0) is 20.9. The largest absolute Gasteiger partial charge is 0.478 e. The number of pyridine rings is 1. The normalized spacial score (nSPS) is 15.4. The van der Waals surface area contributed by atoms with Crippen LogP contribution in [-0.2, 0) is 12.8 Å². The molecule has 1 atom stereocenters. The minimum Gasteiger partial charge on any atom is -0.478 e. The number of halogens is 1. The number of aromatic carboxylic acids is 1. The summed E-state index contributed by atoms with van der Waals surface area (Å²) < 4.78 is 0. The summed E-state index contributed by atoms with van der Waals surface area (Å²) >= 11 is 0. The van der Waals surface area contributed by atoms with Gasteiger partial charge >= 0.3 is 5.97 Å². The van der Waals surface area contributed by atoms with E-state index in [1.807, 2.05) is 24.3 Å². The molecule has 5 aromatic rings. The van der Waals surface area contributed by atoms with Crippen LogP contribution < -0.4 is 0 Å². The Balaban J connectivity index is 0.00000216. The Morgan fingerprint density at radius 3 is 2.34 bits per heavy atom. The van der Waals surface area contributed by atoms with Crippen LogP contribution in [0, 0.1) is 0 Å². The van der Waals surface area contributed by atoms with Gasteiger partial charge in [0.15, 0.2) is 0 Å². The maximum absolute atomic E-state index is 11.7. The average molecular weight is 440 g/mol. The topological polar surface area (TPSA) is 50.2 Å². The van der Waals surface area contributed by atoms with Crippen molar-refractivity contribution in [2.24, 2.45) is 0 Å². The number of hydrogen-bond acceptors (Lipinski definition) is 2. The van der Waals surface area contributed by atoms with E-state index in [0.717, 1.165) is 35.7 Å². The monoisotopic (exact) mass is 439 g/mol. The lowest BCUT2D eigenvalue weighted by atomic mass is 9.78. The summed E-state index contributed by atoms with van der Waals surface area (Å²) in [5, 5.41) is 16.5. The minimum absolute atomic E-state index is 0. The third kappa shape index (κ3) is 3.12. The second kappa shape index (κ2) is 7.92. The zero-order valence-corrected chi connectivity index (χ0v) is 18.2. The van der Waals surface area contributed by atoms with Crippen LogP contribution in [0.4, 0.5) is 0 Å². The van der Waals surface area contributed by atoms with E-state index < -0.39 is 5.97 Å². The molecule has 1 unspecified atom stereocenters. The number of carboxylic acid groups (broad SMARTS) is 1. The number of aromatic nitrogens is 1. The summed E-state index contributed by atoms with van der Waals surface area (Å²) in [6, 6.07) is 25.4. The van der Waals surface area contributed by atoms with Gasteiger partial charge in [0.2, 0.25) is 0 Å². The Bertz CT molecular complexity index is 1510. The van der Waals surface area contributed by atoms with Gasteiger partial charge in [0.1, 0.15) is 0 Å². The van der Waals surface area contributed by atoms with Gasteiger partial charge in [0.05, 0.1) is 11.3 Å². The molecule has 0 saturated carbocycles. The number of aryl methyl sites for hydroxylation is 1. The molecule has 0 aliphatic heterocycles. The van der Waals surface area contributed by atoms with E-state index in [0.29, 0.717) is 0 Å². The van der Waals surface area contributed by atoms with Gasteiger partial charge in [-0.05, 0) is 57.3 Å². The predicted octanol–water partition coefficient (Wildman–Crippen LogP) is 6.93. The quantitative estimate of drug-likeness (QED) is 0.303. The van der Waals surface area contributed by atoms with E-state index in [-0.39, 0.29) is 23.9 Å². The maximum Gasteiger partial charge on any atom is 0.337 e. The summed E-state index contributed by atoms with van der Waals surface area (Å²) in [5.74, 6) is -0.653. The summed E-state index contributed by atoms with van der Waals surface area (Å²) in [7, 11) is 0. The van der Waals surface area contributed by atoms with Crippen molar-refractivity contribution in [2.75, 3.05) is 0 Å². The van der Waals surface area contributed by atoms with Crippen LogP contribution in [-0.4, -0.2) is 16.1 Å². The first kappa shape index (κ1) is 20.5. The van der Waals surface area contributed by atoms with Gasteiger partial charge in [0.25, 0.3) is 0 Å². The number of fused-ring (bicyclic) bond motifs is 6. The summed E-state index contributed by atoms with van der Waals surface area (Å²) in [5.41, 5.74) is 4.12. The number of rotatable bonds is 2. The van der Waals surface area contributed by atoms with E-state index in [9.17, 15) is 9.90 Å². The van der Waals surface area contributed by atoms with E-state index >= 15 is 0 Å². The van der Waals surface area contributed by atoms with Crippen LogP contribution in [0.3, 0.4) is 0 Å². The van der Waals surface area contributed by atoms with Crippen LogP contribution in [0.25, 0.3) is 32.3 Å². The van der Waals surface area contributed by atoms with Gasteiger partial charge in [0, 0.05) is 17.5 Å². The van der Waals surface area contributed by atoms with Gasteiger partial charge in [-0.3, -0.25) is 4.98 Å². The lowest BCUT2D eigenvalue weighted by Gasteiger charge is -2.27. The van der Waals surface area contributed by atoms with Crippen molar-refractivity contribution in [1.29, 1.82) is 0 Å². The number of benzene rings is 4. The average Bonchev–Trinajstić information content (AvgIpc) is 2.82. The van der Waals surface area contributed by atoms with Crippen molar-refractivity contribution >= 4 is 50.7 Å². The highest BCUT2D eigenvalue weighted by Gasteiger charge is 2.25. The van der Waals surface area contributed by atoms with Crippen LogP contribution >= 0.6 is 12.4 Å². The Morgan fingerprint density at radius 2 is 1.53 bits per heavy atom. The first-order valence-corrected chi connectivity index (χ1v) is 10.7. The Hall–Kier alpha value is -3.43. The molecule has 0 fully saturated rings. The van der Waals surface area contributed by atoms with Gasteiger partial charge in [-0.25, -0.2) is 4.79 Å². The molecule has 6 rings (SSSR count). The van der Waals surface area contributed by atoms with E-state index in [2.05, 4.69) is 53.5 Å². The summed E-state index contributed by atoms with van der Waals surface area (Å²) in [6.07, 6.45) is 4.50. The SMILES string of the molecule is Cl.O=C(O)c1cnc(C2CCc3ccc4c(ccc5ccccc54)c3C2)c2ccccc12.